The highest BCUT2D eigenvalue weighted by atomic mass is 35.5. The summed E-state index contributed by atoms with van der Waals surface area (Å²) in [4.78, 5) is 27.4. The Kier molecular flexibility index (Phi) is 9.59. The van der Waals surface area contributed by atoms with Crippen molar-refractivity contribution in [3.8, 4) is 5.75 Å². The van der Waals surface area contributed by atoms with Crippen molar-refractivity contribution in [3.05, 3.63) is 63.9 Å². The van der Waals surface area contributed by atoms with E-state index in [1.54, 1.807) is 18.2 Å². The molecule has 5 nitrogen and oxygen atoms in total. The molecule has 2 rings (SSSR count). The summed E-state index contributed by atoms with van der Waals surface area (Å²) < 4.78 is 18.6. The molecule has 1 N–H and O–H groups in total. The molecule has 0 bridgehead atoms. The van der Waals surface area contributed by atoms with Gasteiger partial charge in [0.2, 0.25) is 5.91 Å². The third-order valence-corrected chi connectivity index (χ3v) is 5.34. The Morgan fingerprint density at radius 2 is 1.71 bits per heavy atom. The summed E-state index contributed by atoms with van der Waals surface area (Å²) in [5.41, 5.74) is 0.552. The van der Waals surface area contributed by atoms with Crippen LogP contribution >= 0.6 is 23.2 Å². The van der Waals surface area contributed by atoms with Gasteiger partial charge in [0.1, 0.15) is 17.6 Å². The number of ether oxygens (including phenoxy) is 1. The van der Waals surface area contributed by atoms with Gasteiger partial charge in [0.25, 0.3) is 5.91 Å². The maximum atomic E-state index is 13.1. The van der Waals surface area contributed by atoms with Gasteiger partial charge >= 0.3 is 0 Å². The molecular formula is C23H27Cl2FN2O3. The van der Waals surface area contributed by atoms with Crippen LogP contribution in [0.3, 0.4) is 0 Å². The molecule has 1 unspecified atom stereocenters. The van der Waals surface area contributed by atoms with Gasteiger partial charge in [0.15, 0.2) is 6.61 Å². The Morgan fingerprint density at radius 3 is 2.26 bits per heavy atom. The zero-order chi connectivity index (χ0) is 23.0. The van der Waals surface area contributed by atoms with Gasteiger partial charge < -0.3 is 15.0 Å². The summed E-state index contributed by atoms with van der Waals surface area (Å²) in [6, 6.07) is 9.71. The molecule has 2 aromatic rings. The van der Waals surface area contributed by atoms with E-state index >= 15 is 0 Å². The summed E-state index contributed by atoms with van der Waals surface area (Å²) in [6.07, 6.45) is 0.397. The summed E-state index contributed by atoms with van der Waals surface area (Å²) in [5, 5.41) is 3.69. The zero-order valence-corrected chi connectivity index (χ0v) is 19.3. The molecule has 0 saturated carbocycles. The molecule has 0 saturated heterocycles. The highest BCUT2D eigenvalue weighted by Gasteiger charge is 2.30. The monoisotopic (exact) mass is 468 g/mol. The van der Waals surface area contributed by atoms with Gasteiger partial charge in [0.05, 0.1) is 0 Å². The first-order chi connectivity index (χ1) is 14.7. The smallest absolute Gasteiger partial charge is 0.261 e. The van der Waals surface area contributed by atoms with Gasteiger partial charge in [0, 0.05) is 28.7 Å². The average Bonchev–Trinajstić information content (AvgIpc) is 2.73. The fourth-order valence-corrected chi connectivity index (χ4v) is 3.47. The number of carbonyl (C=O) groups excluding carboxylic acids is 2. The van der Waals surface area contributed by atoms with Crippen LogP contribution in [0.2, 0.25) is 10.0 Å². The van der Waals surface area contributed by atoms with E-state index in [0.717, 1.165) is 0 Å². The van der Waals surface area contributed by atoms with Crippen molar-refractivity contribution >= 4 is 35.0 Å². The molecule has 31 heavy (non-hydrogen) atoms. The minimum atomic E-state index is -0.726. The van der Waals surface area contributed by atoms with Gasteiger partial charge in [-0.3, -0.25) is 9.59 Å². The minimum absolute atomic E-state index is 0.0533. The number of hydrogen-bond acceptors (Lipinski definition) is 3. The normalized spacial score (nSPS) is 11.8. The van der Waals surface area contributed by atoms with Crippen molar-refractivity contribution < 1.29 is 18.7 Å². The summed E-state index contributed by atoms with van der Waals surface area (Å²) >= 11 is 12.6. The molecule has 0 spiro atoms. The second-order valence-corrected chi connectivity index (χ2v) is 8.34. The Morgan fingerprint density at radius 1 is 1.10 bits per heavy atom. The molecule has 0 heterocycles. The maximum absolute atomic E-state index is 13.1. The average molecular weight is 469 g/mol. The molecule has 168 valence electrons. The van der Waals surface area contributed by atoms with E-state index in [1.807, 2.05) is 20.8 Å². The first-order valence-corrected chi connectivity index (χ1v) is 10.9. The van der Waals surface area contributed by atoms with Crippen LogP contribution in [-0.4, -0.2) is 35.9 Å². The van der Waals surface area contributed by atoms with Crippen LogP contribution in [0.1, 0.15) is 32.8 Å². The minimum Gasteiger partial charge on any atom is -0.484 e. The molecular weight excluding hydrogens is 442 g/mol. The Bertz CT molecular complexity index is 871. The predicted octanol–water partition coefficient (Wildman–Crippen LogP) is 5.09. The van der Waals surface area contributed by atoms with Crippen molar-refractivity contribution in [1.29, 1.82) is 0 Å². The van der Waals surface area contributed by atoms with Crippen molar-refractivity contribution in [2.45, 2.75) is 39.8 Å². The lowest BCUT2D eigenvalue weighted by Crippen LogP contribution is -2.50. The Hall–Kier alpha value is -2.31. The molecule has 0 aliphatic heterocycles. The van der Waals surface area contributed by atoms with Crippen molar-refractivity contribution in [1.82, 2.24) is 10.2 Å². The van der Waals surface area contributed by atoms with E-state index in [-0.39, 0.29) is 25.0 Å². The van der Waals surface area contributed by atoms with Gasteiger partial charge in [-0.25, -0.2) is 4.39 Å². The number of benzene rings is 2. The standard InChI is InChI=1S/C23H27Cl2FN2O3/c1-4-21(23(30)27-12-15(2)3)28(13-18-19(24)6-5-7-20(18)25)22(29)14-31-17-10-8-16(26)9-11-17/h5-11,15,21H,4,12-14H2,1-3H3,(H,27,30). The topological polar surface area (TPSA) is 58.6 Å². The van der Waals surface area contributed by atoms with Crippen LogP contribution in [0.15, 0.2) is 42.5 Å². The quantitative estimate of drug-likeness (QED) is 0.528. The molecule has 2 aromatic carbocycles. The van der Waals surface area contributed by atoms with Gasteiger partial charge in [-0.2, -0.15) is 0 Å². The van der Waals surface area contributed by atoms with E-state index < -0.39 is 17.8 Å². The second-order valence-electron chi connectivity index (χ2n) is 7.53. The first kappa shape index (κ1) is 25.0. The molecule has 0 radical (unpaired) electrons. The maximum Gasteiger partial charge on any atom is 0.261 e. The third kappa shape index (κ3) is 7.40. The molecule has 0 fully saturated rings. The van der Waals surface area contributed by atoms with Crippen molar-refractivity contribution in [3.63, 3.8) is 0 Å². The summed E-state index contributed by atoms with van der Waals surface area (Å²) in [6.45, 7) is 6.04. The molecule has 0 aliphatic carbocycles. The number of carbonyl (C=O) groups is 2. The van der Waals surface area contributed by atoms with Gasteiger partial charge in [-0.05, 0) is 48.7 Å². The van der Waals surface area contributed by atoms with Crippen molar-refractivity contribution in [2.75, 3.05) is 13.2 Å². The lowest BCUT2D eigenvalue weighted by Gasteiger charge is -2.31. The van der Waals surface area contributed by atoms with Gasteiger partial charge in [-0.1, -0.05) is 50.0 Å². The van der Waals surface area contributed by atoms with E-state index in [0.29, 0.717) is 34.3 Å². The fourth-order valence-electron chi connectivity index (χ4n) is 2.95. The largest absolute Gasteiger partial charge is 0.484 e. The van der Waals surface area contributed by atoms with Crippen LogP contribution in [0, 0.1) is 11.7 Å². The van der Waals surface area contributed by atoms with Gasteiger partial charge in [-0.15, -0.1) is 0 Å². The highest BCUT2D eigenvalue weighted by molar-refractivity contribution is 6.36. The molecule has 1 atom stereocenters. The number of nitrogens with zero attached hydrogens (tertiary/aromatic N) is 1. The van der Waals surface area contributed by atoms with Crippen LogP contribution in [-0.2, 0) is 16.1 Å². The first-order valence-electron chi connectivity index (χ1n) is 10.1. The predicted molar refractivity (Wildman–Crippen MR) is 121 cm³/mol. The number of amides is 2. The zero-order valence-electron chi connectivity index (χ0n) is 17.8. The van der Waals surface area contributed by atoms with Crippen LogP contribution in [0.4, 0.5) is 4.39 Å². The fraction of sp³-hybridized carbons (Fsp3) is 0.391. The van der Waals surface area contributed by atoms with Crippen molar-refractivity contribution in [2.24, 2.45) is 5.92 Å². The third-order valence-electron chi connectivity index (χ3n) is 4.64. The van der Waals surface area contributed by atoms with E-state index in [1.165, 1.54) is 29.2 Å². The number of rotatable bonds is 10. The number of hydrogen-bond donors (Lipinski definition) is 1. The lowest BCUT2D eigenvalue weighted by molar-refractivity contribution is -0.143. The number of halogens is 3. The Balaban J connectivity index is 2.25. The lowest BCUT2D eigenvalue weighted by atomic mass is 10.1. The molecule has 0 aliphatic rings. The highest BCUT2D eigenvalue weighted by Crippen LogP contribution is 2.27. The number of nitrogens with one attached hydrogen (secondary N) is 1. The Labute approximate surface area is 192 Å². The summed E-state index contributed by atoms with van der Waals surface area (Å²) in [7, 11) is 0. The SMILES string of the molecule is CCC(C(=O)NCC(C)C)N(Cc1c(Cl)cccc1Cl)C(=O)COc1ccc(F)cc1. The molecule has 0 aromatic heterocycles. The van der Waals surface area contributed by atoms with Crippen LogP contribution in [0.5, 0.6) is 5.75 Å². The molecule has 8 heteroatoms. The van der Waals surface area contributed by atoms with Crippen LogP contribution < -0.4 is 10.1 Å². The van der Waals surface area contributed by atoms with Crippen LogP contribution in [0.25, 0.3) is 0 Å². The molecule has 2 amide bonds. The summed E-state index contributed by atoms with van der Waals surface area (Å²) in [5.74, 6) is -0.448. The van der Waals surface area contributed by atoms with E-state index in [2.05, 4.69) is 5.32 Å². The van der Waals surface area contributed by atoms with E-state index in [9.17, 15) is 14.0 Å². The second kappa shape index (κ2) is 11.9. The van der Waals surface area contributed by atoms with E-state index in [4.69, 9.17) is 27.9 Å².